The van der Waals surface area contributed by atoms with Crippen molar-refractivity contribution < 1.29 is 4.79 Å². The molecule has 5 aliphatic rings. The quantitative estimate of drug-likeness (QED) is 0.522. The second-order valence-electron chi connectivity index (χ2n) is 5.74. The summed E-state index contributed by atoms with van der Waals surface area (Å²) in [5.41, 5.74) is 0. The molecule has 0 amide bonds. The summed E-state index contributed by atoms with van der Waals surface area (Å²) >= 11 is 0. The summed E-state index contributed by atoms with van der Waals surface area (Å²) in [5.74, 6) is 7.54. The molecular formula is C11H12O. The minimum Gasteiger partial charge on any atom is -0.299 e. The largest absolute Gasteiger partial charge is 0.299 e. The van der Waals surface area contributed by atoms with Crippen LogP contribution in [-0.2, 0) is 4.79 Å². The molecule has 5 rings (SSSR count). The highest BCUT2D eigenvalue weighted by atomic mass is 16.1. The number of ketones is 1. The van der Waals surface area contributed by atoms with Crippen LogP contribution >= 0.6 is 0 Å². The van der Waals surface area contributed by atoms with E-state index in [-0.39, 0.29) is 0 Å². The monoisotopic (exact) mass is 160 g/mol. The SMILES string of the molecule is O=C1[C@H]2[C@@H]3C[C@H]4[C@@H]1[C@@H]1[C@@H]2C[C@@H]3[C@H]41. The van der Waals surface area contributed by atoms with Gasteiger partial charge in [-0.05, 0) is 48.3 Å². The minimum atomic E-state index is 0.583. The first-order chi connectivity index (χ1) is 5.88. The normalized spacial score (nSPS) is 79.2. The van der Waals surface area contributed by atoms with Crippen LogP contribution in [0.2, 0.25) is 0 Å². The highest BCUT2D eigenvalue weighted by Crippen LogP contribution is 2.81. The van der Waals surface area contributed by atoms with Crippen molar-refractivity contribution in [2.45, 2.75) is 12.8 Å². The van der Waals surface area contributed by atoms with E-state index in [1.165, 1.54) is 12.8 Å². The molecule has 0 aromatic rings. The van der Waals surface area contributed by atoms with E-state index in [1.807, 2.05) is 0 Å². The van der Waals surface area contributed by atoms with Crippen LogP contribution < -0.4 is 0 Å². The van der Waals surface area contributed by atoms with E-state index in [4.69, 9.17) is 0 Å². The van der Waals surface area contributed by atoms with E-state index in [9.17, 15) is 4.79 Å². The van der Waals surface area contributed by atoms with Crippen LogP contribution in [0.3, 0.4) is 0 Å². The van der Waals surface area contributed by atoms with Crippen molar-refractivity contribution in [3.63, 3.8) is 0 Å². The predicted molar refractivity (Wildman–Crippen MR) is 42.2 cm³/mol. The molecule has 0 aromatic heterocycles. The molecular weight excluding hydrogens is 148 g/mol. The van der Waals surface area contributed by atoms with E-state index < -0.39 is 0 Å². The van der Waals surface area contributed by atoms with Crippen LogP contribution in [0.15, 0.2) is 0 Å². The smallest absolute Gasteiger partial charge is 0.140 e. The van der Waals surface area contributed by atoms with E-state index in [0.717, 1.165) is 35.5 Å². The maximum atomic E-state index is 11.9. The molecule has 0 spiro atoms. The fourth-order valence-electron chi connectivity index (χ4n) is 6.10. The summed E-state index contributed by atoms with van der Waals surface area (Å²) < 4.78 is 0. The van der Waals surface area contributed by atoms with Crippen LogP contribution in [0.1, 0.15) is 12.8 Å². The van der Waals surface area contributed by atoms with Crippen molar-refractivity contribution in [1.82, 2.24) is 0 Å². The Labute approximate surface area is 71.5 Å². The molecule has 0 unspecified atom stereocenters. The summed E-state index contributed by atoms with van der Waals surface area (Å²) in [6.45, 7) is 0. The van der Waals surface area contributed by atoms with E-state index in [1.54, 1.807) is 0 Å². The van der Waals surface area contributed by atoms with Crippen LogP contribution in [-0.4, -0.2) is 5.78 Å². The van der Waals surface area contributed by atoms with Gasteiger partial charge >= 0.3 is 0 Å². The lowest BCUT2D eigenvalue weighted by atomic mass is 9.60. The van der Waals surface area contributed by atoms with Crippen molar-refractivity contribution in [3.8, 4) is 0 Å². The van der Waals surface area contributed by atoms with Crippen molar-refractivity contribution in [1.29, 1.82) is 0 Å². The molecule has 0 radical (unpaired) electrons. The van der Waals surface area contributed by atoms with E-state index in [2.05, 4.69) is 0 Å². The van der Waals surface area contributed by atoms with Crippen molar-refractivity contribution >= 4 is 5.78 Å². The van der Waals surface area contributed by atoms with Crippen LogP contribution in [0.5, 0.6) is 0 Å². The number of fused-ring (bicyclic) bond motifs is 2. The number of hydrogen-bond acceptors (Lipinski definition) is 1. The van der Waals surface area contributed by atoms with Gasteiger partial charge in [0.2, 0.25) is 0 Å². The van der Waals surface area contributed by atoms with Crippen LogP contribution in [0.4, 0.5) is 0 Å². The van der Waals surface area contributed by atoms with E-state index in [0.29, 0.717) is 17.6 Å². The Morgan fingerprint density at radius 1 is 0.833 bits per heavy atom. The molecule has 2 bridgehead atoms. The topological polar surface area (TPSA) is 17.1 Å². The summed E-state index contributed by atoms with van der Waals surface area (Å²) in [7, 11) is 0. The lowest BCUT2D eigenvalue weighted by molar-refractivity contribution is -0.132. The fourth-order valence-corrected chi connectivity index (χ4v) is 6.10. The van der Waals surface area contributed by atoms with Gasteiger partial charge in [0.25, 0.3) is 0 Å². The first-order valence-electron chi connectivity index (χ1n) is 5.41. The highest BCUT2D eigenvalue weighted by Gasteiger charge is 2.80. The molecule has 62 valence electrons. The van der Waals surface area contributed by atoms with Crippen molar-refractivity contribution in [2.24, 2.45) is 47.3 Å². The van der Waals surface area contributed by atoms with Crippen LogP contribution in [0, 0.1) is 47.3 Å². The Hall–Kier alpha value is -0.330. The third-order valence-corrected chi connectivity index (χ3v) is 6.02. The van der Waals surface area contributed by atoms with Gasteiger partial charge in [-0.1, -0.05) is 0 Å². The maximum absolute atomic E-state index is 11.9. The molecule has 5 saturated carbocycles. The summed E-state index contributed by atoms with van der Waals surface area (Å²) in [6.07, 6.45) is 2.90. The Balaban J connectivity index is 1.91. The Bertz CT molecular complexity index is 315. The van der Waals surface area contributed by atoms with Gasteiger partial charge in [-0.3, -0.25) is 4.79 Å². The molecule has 0 aliphatic heterocycles. The summed E-state index contributed by atoms with van der Waals surface area (Å²) in [6, 6.07) is 0. The van der Waals surface area contributed by atoms with Crippen molar-refractivity contribution in [2.75, 3.05) is 0 Å². The zero-order chi connectivity index (χ0) is 7.61. The number of Topliss-reactive ketones (excluding diaryl/α,β-unsaturated/α-hetero) is 1. The van der Waals surface area contributed by atoms with Crippen LogP contribution in [0.25, 0.3) is 0 Å². The third kappa shape index (κ3) is 0.272. The standard InChI is InChI=1S/C11H12O/c12-11-8-4-2-5-7-3(4)1-6(8)9(7)10(5)11/h3-10H,1-2H2/t3-,4+,5+,6+,7+,8-,9+,10+/m0/s1. The molecule has 12 heavy (non-hydrogen) atoms. The minimum absolute atomic E-state index is 0.583. The van der Waals surface area contributed by atoms with Gasteiger partial charge in [0, 0.05) is 11.8 Å². The Morgan fingerprint density at radius 3 is 2.50 bits per heavy atom. The summed E-state index contributed by atoms with van der Waals surface area (Å²) in [5, 5.41) is 0. The van der Waals surface area contributed by atoms with Gasteiger partial charge in [-0.25, -0.2) is 0 Å². The average Bonchev–Trinajstić information content (AvgIpc) is 2.47. The third-order valence-electron chi connectivity index (χ3n) is 6.02. The van der Waals surface area contributed by atoms with E-state index >= 15 is 0 Å². The number of hydrogen-bond donors (Lipinski definition) is 0. The molecule has 0 heterocycles. The lowest BCUT2D eigenvalue weighted by Crippen LogP contribution is -2.44. The van der Waals surface area contributed by atoms with Gasteiger partial charge in [0.1, 0.15) is 5.78 Å². The molecule has 1 heteroatoms. The number of carbonyl (C=O) groups is 1. The fraction of sp³-hybridized carbons (Fsp3) is 0.909. The van der Waals surface area contributed by atoms with Gasteiger partial charge in [-0.2, -0.15) is 0 Å². The molecule has 5 aliphatic carbocycles. The molecule has 0 saturated heterocycles. The Kier molecular flexibility index (Phi) is 0.547. The van der Waals surface area contributed by atoms with Crippen molar-refractivity contribution in [3.05, 3.63) is 0 Å². The predicted octanol–water partition coefficient (Wildman–Crippen LogP) is 1.33. The molecule has 5 fully saturated rings. The first kappa shape index (κ1) is 5.41. The highest BCUT2D eigenvalue weighted by molar-refractivity contribution is 5.91. The zero-order valence-corrected chi connectivity index (χ0v) is 6.94. The average molecular weight is 160 g/mol. The summed E-state index contributed by atoms with van der Waals surface area (Å²) in [4.78, 5) is 11.9. The second-order valence-corrected chi connectivity index (χ2v) is 5.74. The maximum Gasteiger partial charge on any atom is 0.140 e. The molecule has 1 nitrogen and oxygen atoms in total. The molecule has 8 atom stereocenters. The number of carbonyl (C=O) groups excluding carboxylic acids is 1. The molecule has 0 aromatic carbocycles. The number of rotatable bonds is 0. The van der Waals surface area contributed by atoms with Gasteiger partial charge < -0.3 is 0 Å². The van der Waals surface area contributed by atoms with Gasteiger partial charge in [0.15, 0.2) is 0 Å². The first-order valence-corrected chi connectivity index (χ1v) is 5.41. The van der Waals surface area contributed by atoms with Gasteiger partial charge in [0.05, 0.1) is 0 Å². The van der Waals surface area contributed by atoms with Gasteiger partial charge in [-0.15, -0.1) is 0 Å². The zero-order valence-electron chi connectivity index (χ0n) is 6.94. The second kappa shape index (κ2) is 1.21. The Morgan fingerprint density at radius 2 is 1.58 bits per heavy atom. The lowest BCUT2D eigenvalue weighted by Gasteiger charge is -2.43. The molecule has 0 N–H and O–H groups in total.